The van der Waals surface area contributed by atoms with Crippen molar-refractivity contribution in [3.8, 4) is 0 Å². The Balaban J connectivity index is 1.77. The van der Waals surface area contributed by atoms with E-state index in [-0.39, 0.29) is 24.4 Å². The van der Waals surface area contributed by atoms with Gasteiger partial charge < -0.3 is 15.3 Å². The summed E-state index contributed by atoms with van der Waals surface area (Å²) in [5.74, 6) is -0.880. The minimum absolute atomic E-state index is 0.00400. The number of hydrogen-bond donors (Lipinski definition) is 2. The summed E-state index contributed by atoms with van der Waals surface area (Å²) in [5, 5.41) is 12.7. The summed E-state index contributed by atoms with van der Waals surface area (Å²) in [7, 11) is 0. The molecule has 2 aliphatic rings. The number of aliphatic carboxylic acids is 1. The molecule has 31 heavy (non-hydrogen) atoms. The van der Waals surface area contributed by atoms with Crippen LogP contribution in [0.15, 0.2) is 70.3 Å². The Labute approximate surface area is 191 Å². The van der Waals surface area contributed by atoms with E-state index in [9.17, 15) is 14.7 Å². The second-order valence-corrected chi connectivity index (χ2v) is 9.16. The van der Waals surface area contributed by atoms with E-state index in [1.807, 2.05) is 59.5 Å². The van der Waals surface area contributed by atoms with Gasteiger partial charge in [0.15, 0.2) is 0 Å². The molecule has 1 aliphatic heterocycles. The SMILES string of the molecule is O=C(O)CCC1=C(Nc2ccc(Br)cc2)C(=O)N(C2CCCCC2)C1c1ccccc1. The van der Waals surface area contributed by atoms with Crippen LogP contribution in [0.4, 0.5) is 5.69 Å². The van der Waals surface area contributed by atoms with Crippen LogP contribution in [-0.4, -0.2) is 27.9 Å². The highest BCUT2D eigenvalue weighted by atomic mass is 79.9. The Morgan fingerprint density at radius 2 is 1.71 bits per heavy atom. The number of nitrogens with one attached hydrogen (secondary N) is 1. The van der Waals surface area contributed by atoms with Gasteiger partial charge >= 0.3 is 5.97 Å². The smallest absolute Gasteiger partial charge is 0.303 e. The number of benzene rings is 2. The molecule has 1 heterocycles. The maximum absolute atomic E-state index is 13.8. The molecule has 1 aliphatic carbocycles. The Hall–Kier alpha value is -2.60. The molecule has 0 bridgehead atoms. The van der Waals surface area contributed by atoms with Gasteiger partial charge in [0.2, 0.25) is 0 Å². The van der Waals surface area contributed by atoms with Gasteiger partial charge in [-0.15, -0.1) is 0 Å². The lowest BCUT2D eigenvalue weighted by Gasteiger charge is -2.37. The summed E-state index contributed by atoms with van der Waals surface area (Å²) in [6.45, 7) is 0. The zero-order valence-corrected chi connectivity index (χ0v) is 19.0. The van der Waals surface area contributed by atoms with E-state index in [0.29, 0.717) is 12.1 Å². The predicted octanol–water partition coefficient (Wildman–Crippen LogP) is 5.90. The third-order valence-corrected chi connectivity index (χ3v) is 6.71. The predicted molar refractivity (Wildman–Crippen MR) is 125 cm³/mol. The molecule has 1 saturated carbocycles. The van der Waals surface area contributed by atoms with Crippen molar-refractivity contribution in [3.63, 3.8) is 0 Å². The van der Waals surface area contributed by atoms with Crippen molar-refractivity contribution in [1.29, 1.82) is 0 Å². The highest BCUT2D eigenvalue weighted by molar-refractivity contribution is 9.10. The van der Waals surface area contributed by atoms with Crippen molar-refractivity contribution < 1.29 is 14.7 Å². The molecule has 4 rings (SSSR count). The molecule has 1 unspecified atom stereocenters. The van der Waals surface area contributed by atoms with Crippen LogP contribution in [0.3, 0.4) is 0 Å². The standard InChI is InChI=1S/C25H27BrN2O3/c26-18-11-13-19(14-12-18)27-23-21(15-16-22(29)30)24(17-7-3-1-4-8-17)28(25(23)31)20-9-5-2-6-10-20/h1,3-4,7-8,11-14,20,24,27H,2,5-6,9-10,15-16H2,(H,29,30). The number of carbonyl (C=O) groups is 2. The van der Waals surface area contributed by atoms with Gasteiger partial charge in [-0.25, -0.2) is 0 Å². The second kappa shape index (κ2) is 9.69. The van der Waals surface area contributed by atoms with E-state index in [1.165, 1.54) is 6.42 Å². The Morgan fingerprint density at radius 1 is 1.03 bits per heavy atom. The summed E-state index contributed by atoms with van der Waals surface area (Å²) in [4.78, 5) is 27.2. The number of halogens is 1. The quantitative estimate of drug-likeness (QED) is 0.515. The molecule has 0 radical (unpaired) electrons. The lowest BCUT2D eigenvalue weighted by Crippen LogP contribution is -2.41. The van der Waals surface area contributed by atoms with Gasteiger partial charge in [-0.2, -0.15) is 0 Å². The Bertz CT molecular complexity index is 966. The van der Waals surface area contributed by atoms with Gasteiger partial charge in [0.05, 0.1) is 6.04 Å². The largest absolute Gasteiger partial charge is 0.481 e. The first-order valence-electron chi connectivity index (χ1n) is 10.9. The van der Waals surface area contributed by atoms with Crippen LogP contribution in [-0.2, 0) is 9.59 Å². The molecule has 1 atom stereocenters. The highest BCUT2D eigenvalue weighted by Crippen LogP contribution is 2.44. The number of nitrogens with zero attached hydrogens (tertiary/aromatic N) is 1. The van der Waals surface area contributed by atoms with E-state index in [4.69, 9.17) is 0 Å². The average Bonchev–Trinajstić information content (AvgIpc) is 3.06. The van der Waals surface area contributed by atoms with Crippen molar-refractivity contribution in [2.75, 3.05) is 5.32 Å². The third-order valence-electron chi connectivity index (χ3n) is 6.18. The maximum Gasteiger partial charge on any atom is 0.303 e. The van der Waals surface area contributed by atoms with Crippen LogP contribution in [0.2, 0.25) is 0 Å². The summed E-state index contributed by atoms with van der Waals surface area (Å²) >= 11 is 3.44. The number of rotatable bonds is 7. The van der Waals surface area contributed by atoms with Crippen LogP contribution < -0.4 is 5.32 Å². The van der Waals surface area contributed by atoms with Crippen molar-refractivity contribution in [1.82, 2.24) is 4.90 Å². The molecular weight excluding hydrogens is 456 g/mol. The summed E-state index contributed by atoms with van der Waals surface area (Å²) in [5.41, 5.74) is 3.25. The zero-order valence-electron chi connectivity index (χ0n) is 17.4. The lowest BCUT2D eigenvalue weighted by molar-refractivity contribution is -0.137. The number of carbonyl (C=O) groups excluding carboxylic acids is 1. The maximum atomic E-state index is 13.8. The molecule has 5 nitrogen and oxygen atoms in total. The molecule has 1 fully saturated rings. The van der Waals surface area contributed by atoms with Gasteiger partial charge in [-0.05, 0) is 54.7 Å². The first kappa shape index (κ1) is 21.6. The minimum atomic E-state index is -0.856. The van der Waals surface area contributed by atoms with Gasteiger partial charge in [0.25, 0.3) is 5.91 Å². The lowest BCUT2D eigenvalue weighted by atomic mass is 9.90. The number of hydrogen-bond acceptors (Lipinski definition) is 3. The van der Waals surface area contributed by atoms with E-state index in [2.05, 4.69) is 21.2 Å². The van der Waals surface area contributed by atoms with E-state index in [1.54, 1.807) is 0 Å². The number of carboxylic acid groups (broad SMARTS) is 1. The van der Waals surface area contributed by atoms with Crippen molar-refractivity contribution in [3.05, 3.63) is 75.9 Å². The molecule has 6 heteroatoms. The normalized spacial score (nSPS) is 19.7. The molecule has 2 aromatic carbocycles. The van der Waals surface area contributed by atoms with E-state index >= 15 is 0 Å². The van der Waals surface area contributed by atoms with Crippen molar-refractivity contribution in [2.24, 2.45) is 0 Å². The molecular formula is C25H27BrN2O3. The van der Waals surface area contributed by atoms with E-state index < -0.39 is 5.97 Å². The van der Waals surface area contributed by atoms with Crippen molar-refractivity contribution in [2.45, 2.75) is 57.0 Å². The van der Waals surface area contributed by atoms with Crippen LogP contribution in [0.25, 0.3) is 0 Å². The first-order chi connectivity index (χ1) is 15.0. The zero-order chi connectivity index (χ0) is 21.8. The second-order valence-electron chi connectivity index (χ2n) is 8.24. The Morgan fingerprint density at radius 3 is 2.35 bits per heavy atom. The molecule has 1 amide bonds. The molecule has 2 aromatic rings. The fraction of sp³-hybridized carbons (Fsp3) is 0.360. The molecule has 0 aromatic heterocycles. The van der Waals surface area contributed by atoms with Crippen LogP contribution >= 0.6 is 15.9 Å². The van der Waals surface area contributed by atoms with Crippen LogP contribution in [0.1, 0.15) is 56.6 Å². The minimum Gasteiger partial charge on any atom is -0.481 e. The highest BCUT2D eigenvalue weighted by Gasteiger charge is 2.43. The molecule has 0 saturated heterocycles. The molecule has 0 spiro atoms. The molecule has 162 valence electrons. The summed E-state index contributed by atoms with van der Waals surface area (Å²) in [6.07, 6.45) is 5.77. The summed E-state index contributed by atoms with van der Waals surface area (Å²) < 4.78 is 0.960. The van der Waals surface area contributed by atoms with Crippen LogP contribution in [0, 0.1) is 0 Å². The first-order valence-corrected chi connectivity index (χ1v) is 11.7. The van der Waals surface area contributed by atoms with Gasteiger partial charge in [0, 0.05) is 22.6 Å². The Kier molecular flexibility index (Phi) is 6.76. The topological polar surface area (TPSA) is 69.6 Å². The summed E-state index contributed by atoms with van der Waals surface area (Å²) in [6, 6.07) is 17.6. The number of anilines is 1. The fourth-order valence-corrected chi connectivity index (χ4v) is 5.00. The van der Waals surface area contributed by atoms with Crippen molar-refractivity contribution >= 4 is 33.5 Å². The third kappa shape index (κ3) is 4.85. The molecule has 2 N–H and O–H groups in total. The average molecular weight is 483 g/mol. The fourth-order valence-electron chi connectivity index (χ4n) is 4.74. The van der Waals surface area contributed by atoms with Gasteiger partial charge in [0.1, 0.15) is 5.70 Å². The van der Waals surface area contributed by atoms with E-state index in [0.717, 1.165) is 47.0 Å². The van der Waals surface area contributed by atoms with Gasteiger partial charge in [-0.1, -0.05) is 65.5 Å². The van der Waals surface area contributed by atoms with Gasteiger partial charge in [-0.3, -0.25) is 9.59 Å². The number of carboxylic acids is 1. The monoisotopic (exact) mass is 482 g/mol. The van der Waals surface area contributed by atoms with Crippen LogP contribution in [0.5, 0.6) is 0 Å². The number of amides is 1.